The Hall–Kier alpha value is -2.21. The molecule has 0 fully saturated rings. The molecule has 4 nitrogen and oxygen atoms in total. The van der Waals surface area contributed by atoms with Gasteiger partial charge in [0, 0.05) is 21.7 Å². The largest absolute Gasteiger partial charge is 0.366 e. The fourth-order valence-corrected chi connectivity index (χ4v) is 4.24. The highest BCUT2D eigenvalue weighted by molar-refractivity contribution is 7.14. The van der Waals surface area contributed by atoms with Gasteiger partial charge in [0.2, 0.25) is 5.91 Å². The maximum absolute atomic E-state index is 14.0. The summed E-state index contributed by atoms with van der Waals surface area (Å²) in [6.45, 7) is 1.56. The normalized spacial score (nSPS) is 14.3. The minimum atomic E-state index is -0.728. The Morgan fingerprint density at radius 2 is 1.84 bits per heavy atom. The van der Waals surface area contributed by atoms with Crippen LogP contribution < -0.4 is 11.1 Å². The monoisotopic (exact) mass is 360 g/mol. The van der Waals surface area contributed by atoms with E-state index in [0.717, 1.165) is 31.7 Å². The molecule has 0 radical (unpaired) electrons. The molecule has 1 aliphatic carbocycles. The second-order valence-electron chi connectivity index (χ2n) is 6.42. The average Bonchev–Trinajstić information content (AvgIpc) is 2.93. The number of fused-ring (bicyclic) bond motifs is 1. The number of benzene rings is 1. The van der Waals surface area contributed by atoms with Crippen LogP contribution in [0.15, 0.2) is 18.2 Å². The number of thiophene rings is 1. The van der Waals surface area contributed by atoms with E-state index in [0.29, 0.717) is 4.88 Å². The van der Waals surface area contributed by atoms with E-state index in [1.54, 1.807) is 6.92 Å². The number of amides is 2. The summed E-state index contributed by atoms with van der Waals surface area (Å²) < 4.78 is 14.0. The third-order valence-corrected chi connectivity index (χ3v) is 5.83. The summed E-state index contributed by atoms with van der Waals surface area (Å²) in [5.74, 6) is -1.57. The van der Waals surface area contributed by atoms with Crippen molar-refractivity contribution in [3.8, 4) is 0 Å². The third-order valence-electron chi connectivity index (χ3n) is 4.60. The smallest absolute Gasteiger partial charge is 0.265 e. The lowest BCUT2D eigenvalue weighted by Gasteiger charge is -2.10. The van der Waals surface area contributed by atoms with Gasteiger partial charge in [-0.25, -0.2) is 4.39 Å². The van der Waals surface area contributed by atoms with Crippen molar-refractivity contribution in [1.82, 2.24) is 0 Å². The topological polar surface area (TPSA) is 72.2 Å². The van der Waals surface area contributed by atoms with Crippen LogP contribution in [0.3, 0.4) is 0 Å². The van der Waals surface area contributed by atoms with Gasteiger partial charge in [0.25, 0.3) is 5.91 Å². The Labute approximate surface area is 150 Å². The van der Waals surface area contributed by atoms with Gasteiger partial charge < -0.3 is 11.1 Å². The molecule has 1 aromatic heterocycles. The van der Waals surface area contributed by atoms with Gasteiger partial charge in [-0.3, -0.25) is 9.59 Å². The van der Waals surface area contributed by atoms with Gasteiger partial charge in [0.15, 0.2) is 0 Å². The van der Waals surface area contributed by atoms with E-state index < -0.39 is 11.7 Å². The zero-order valence-corrected chi connectivity index (χ0v) is 15.0. The van der Waals surface area contributed by atoms with Crippen molar-refractivity contribution in [2.45, 2.75) is 45.4 Å². The molecule has 2 amide bonds. The molecule has 1 aromatic carbocycles. The molecule has 0 saturated carbocycles. The van der Waals surface area contributed by atoms with Gasteiger partial charge >= 0.3 is 0 Å². The Morgan fingerprint density at radius 1 is 1.12 bits per heavy atom. The number of aryl methyl sites for hydroxylation is 2. The van der Waals surface area contributed by atoms with Crippen LogP contribution in [0.1, 0.15) is 61.7 Å². The lowest BCUT2D eigenvalue weighted by Crippen LogP contribution is -2.15. The molecule has 0 spiro atoms. The van der Waals surface area contributed by atoms with Gasteiger partial charge in [-0.15, -0.1) is 11.3 Å². The molecule has 3 rings (SSSR count). The number of halogens is 1. The number of carbonyl (C=O) groups excluding carboxylic acids is 2. The number of rotatable bonds is 3. The summed E-state index contributed by atoms with van der Waals surface area (Å²) in [4.78, 5) is 25.8. The van der Waals surface area contributed by atoms with Crippen LogP contribution in [-0.2, 0) is 12.8 Å². The SMILES string of the molecule is Cc1c(F)cc(C(N)=O)cc1NC(=O)c1cc2c(s1)CCCCCC2. The third kappa shape index (κ3) is 3.90. The lowest BCUT2D eigenvalue weighted by atomic mass is 10.00. The van der Waals surface area contributed by atoms with Crippen LogP contribution in [0.5, 0.6) is 0 Å². The first-order chi connectivity index (χ1) is 12.0. The summed E-state index contributed by atoms with van der Waals surface area (Å²) >= 11 is 1.51. The number of anilines is 1. The molecular formula is C19H21FN2O2S. The standard InChI is InChI=1S/C19H21FN2O2S/c1-11-14(20)8-13(18(21)23)9-15(11)22-19(24)17-10-12-6-4-2-3-5-7-16(12)25-17/h8-10H,2-7H2,1H3,(H2,21,23)(H,22,24). The van der Waals surface area contributed by atoms with Gasteiger partial charge in [-0.1, -0.05) is 12.8 Å². The van der Waals surface area contributed by atoms with Crippen molar-refractivity contribution in [3.63, 3.8) is 0 Å². The Morgan fingerprint density at radius 3 is 2.56 bits per heavy atom. The van der Waals surface area contributed by atoms with Crippen LogP contribution in [0.2, 0.25) is 0 Å². The summed E-state index contributed by atoms with van der Waals surface area (Å²) in [7, 11) is 0. The Kier molecular flexibility index (Phi) is 5.18. The molecule has 0 unspecified atom stereocenters. The summed E-state index contributed by atoms with van der Waals surface area (Å²) in [6, 6.07) is 4.46. The molecule has 0 bridgehead atoms. The maximum atomic E-state index is 14.0. The highest BCUT2D eigenvalue weighted by Gasteiger charge is 2.18. The molecule has 0 atom stereocenters. The van der Waals surface area contributed by atoms with Crippen molar-refractivity contribution >= 4 is 28.8 Å². The summed E-state index contributed by atoms with van der Waals surface area (Å²) in [6.07, 6.45) is 6.78. The second-order valence-corrected chi connectivity index (χ2v) is 7.56. The average molecular weight is 360 g/mol. The molecule has 0 aliphatic heterocycles. The van der Waals surface area contributed by atoms with E-state index in [1.165, 1.54) is 40.7 Å². The molecule has 0 saturated heterocycles. The first-order valence-electron chi connectivity index (χ1n) is 8.48. The Bertz CT molecular complexity index is 804. The zero-order chi connectivity index (χ0) is 18.0. The first kappa shape index (κ1) is 17.6. The van der Waals surface area contributed by atoms with Crippen molar-refractivity contribution in [2.75, 3.05) is 5.32 Å². The fourth-order valence-electron chi connectivity index (χ4n) is 3.09. The fraction of sp³-hybridized carbons (Fsp3) is 0.368. The van der Waals surface area contributed by atoms with Gasteiger partial charge in [-0.2, -0.15) is 0 Å². The van der Waals surface area contributed by atoms with Crippen molar-refractivity contribution in [3.05, 3.63) is 50.5 Å². The minimum Gasteiger partial charge on any atom is -0.366 e. The molecular weight excluding hydrogens is 339 g/mol. The number of primary amides is 1. The highest BCUT2D eigenvalue weighted by Crippen LogP contribution is 2.29. The van der Waals surface area contributed by atoms with Crippen LogP contribution >= 0.6 is 11.3 Å². The van der Waals surface area contributed by atoms with Gasteiger partial charge in [0.05, 0.1) is 4.88 Å². The number of hydrogen-bond acceptors (Lipinski definition) is 3. The quantitative estimate of drug-likeness (QED) is 0.861. The molecule has 1 heterocycles. The molecule has 3 N–H and O–H groups in total. The van der Waals surface area contributed by atoms with E-state index in [1.807, 2.05) is 6.07 Å². The molecule has 25 heavy (non-hydrogen) atoms. The van der Waals surface area contributed by atoms with Crippen molar-refractivity contribution < 1.29 is 14.0 Å². The van der Waals surface area contributed by atoms with E-state index >= 15 is 0 Å². The van der Waals surface area contributed by atoms with Gasteiger partial charge in [-0.05, 0) is 56.4 Å². The molecule has 1 aliphatic rings. The number of nitrogens with one attached hydrogen (secondary N) is 1. The predicted octanol–water partition coefficient (Wildman–Crippen LogP) is 4.21. The number of nitrogens with two attached hydrogens (primary N) is 1. The van der Waals surface area contributed by atoms with Crippen LogP contribution in [-0.4, -0.2) is 11.8 Å². The second kappa shape index (κ2) is 7.35. The summed E-state index contributed by atoms with van der Waals surface area (Å²) in [5, 5.41) is 2.73. The van der Waals surface area contributed by atoms with Crippen molar-refractivity contribution in [2.24, 2.45) is 5.73 Å². The van der Waals surface area contributed by atoms with Gasteiger partial charge in [0.1, 0.15) is 5.82 Å². The van der Waals surface area contributed by atoms with Crippen molar-refractivity contribution in [1.29, 1.82) is 0 Å². The number of hydrogen-bond donors (Lipinski definition) is 2. The van der Waals surface area contributed by atoms with Crippen LogP contribution in [0.4, 0.5) is 10.1 Å². The first-order valence-corrected chi connectivity index (χ1v) is 9.30. The lowest BCUT2D eigenvalue weighted by molar-refractivity contribution is 0.0996. The van der Waals surface area contributed by atoms with Crippen LogP contribution in [0.25, 0.3) is 0 Å². The molecule has 132 valence electrons. The van der Waals surface area contributed by atoms with E-state index in [-0.39, 0.29) is 22.7 Å². The number of carbonyl (C=O) groups is 2. The summed E-state index contributed by atoms with van der Waals surface area (Å²) in [5.41, 5.74) is 7.08. The van der Waals surface area contributed by atoms with Crippen LogP contribution in [0, 0.1) is 12.7 Å². The molecule has 2 aromatic rings. The van der Waals surface area contributed by atoms with E-state index in [9.17, 15) is 14.0 Å². The van der Waals surface area contributed by atoms with E-state index in [4.69, 9.17) is 5.73 Å². The minimum absolute atomic E-state index is 0.0387. The Balaban J connectivity index is 1.85. The van der Waals surface area contributed by atoms with E-state index in [2.05, 4.69) is 5.32 Å². The molecule has 6 heteroatoms. The maximum Gasteiger partial charge on any atom is 0.265 e. The highest BCUT2D eigenvalue weighted by atomic mass is 32.1. The zero-order valence-electron chi connectivity index (χ0n) is 14.2. The predicted molar refractivity (Wildman–Crippen MR) is 97.8 cm³/mol.